The zero-order valence-corrected chi connectivity index (χ0v) is 13.8. The molecule has 2 aromatic rings. The highest BCUT2D eigenvalue weighted by Gasteiger charge is 2.27. The van der Waals surface area contributed by atoms with Crippen molar-refractivity contribution in [3.8, 4) is 0 Å². The summed E-state index contributed by atoms with van der Waals surface area (Å²) in [5, 5.41) is 13.6. The van der Waals surface area contributed by atoms with Gasteiger partial charge in [0.1, 0.15) is 6.20 Å². The van der Waals surface area contributed by atoms with Crippen LogP contribution in [0.3, 0.4) is 0 Å². The Morgan fingerprint density at radius 1 is 1.32 bits per heavy atom. The van der Waals surface area contributed by atoms with Crippen molar-refractivity contribution >= 4 is 17.7 Å². The first-order valence-corrected chi connectivity index (χ1v) is 8.00. The van der Waals surface area contributed by atoms with E-state index in [1.165, 1.54) is 10.8 Å². The third kappa shape index (κ3) is 3.97. The van der Waals surface area contributed by atoms with Crippen LogP contribution < -0.4 is 5.32 Å². The Kier molecular flexibility index (Phi) is 4.98. The predicted octanol–water partition coefficient (Wildman–Crippen LogP) is 0.969. The summed E-state index contributed by atoms with van der Waals surface area (Å²) in [5.74, 6) is 0.781. The molecule has 0 unspecified atom stereocenters. The Bertz CT molecular complexity index is 754. The summed E-state index contributed by atoms with van der Waals surface area (Å²) in [6, 6.07) is 1.69. The van der Waals surface area contributed by atoms with Gasteiger partial charge in [-0.05, 0) is 36.9 Å². The van der Waals surface area contributed by atoms with Crippen molar-refractivity contribution in [3.05, 3.63) is 40.6 Å². The molecule has 0 radical (unpaired) electrons. The summed E-state index contributed by atoms with van der Waals surface area (Å²) in [6.07, 6.45) is 5.86. The SMILES string of the molecule is Cn1c([N+](=O)[O-])cnc1CN1CCC(C(=O)Nc2ncccn2)CC1. The average Bonchev–Trinajstić information content (AvgIpc) is 2.97. The lowest BCUT2D eigenvalue weighted by atomic mass is 9.96. The Balaban J connectivity index is 1.52. The van der Waals surface area contributed by atoms with Gasteiger partial charge in [-0.3, -0.25) is 15.0 Å². The molecule has 1 fully saturated rings. The molecule has 0 bridgehead atoms. The molecule has 10 nitrogen and oxygen atoms in total. The normalized spacial score (nSPS) is 15.9. The fourth-order valence-corrected chi connectivity index (χ4v) is 2.88. The zero-order valence-electron chi connectivity index (χ0n) is 13.8. The Hall–Kier alpha value is -2.88. The number of piperidine rings is 1. The highest BCUT2D eigenvalue weighted by molar-refractivity contribution is 5.90. The van der Waals surface area contributed by atoms with Crippen LogP contribution in [0.15, 0.2) is 24.7 Å². The molecule has 2 aromatic heterocycles. The topological polar surface area (TPSA) is 119 Å². The van der Waals surface area contributed by atoms with Crippen LogP contribution in [0.4, 0.5) is 11.8 Å². The van der Waals surface area contributed by atoms with E-state index in [2.05, 4.69) is 25.2 Å². The minimum atomic E-state index is -0.446. The maximum atomic E-state index is 12.3. The molecule has 3 heterocycles. The van der Waals surface area contributed by atoms with E-state index in [-0.39, 0.29) is 17.6 Å². The van der Waals surface area contributed by atoms with Crippen LogP contribution in [-0.2, 0) is 18.4 Å². The second kappa shape index (κ2) is 7.34. The number of amides is 1. The van der Waals surface area contributed by atoms with E-state index in [1.807, 2.05) is 0 Å². The Labute approximate surface area is 144 Å². The van der Waals surface area contributed by atoms with E-state index < -0.39 is 4.92 Å². The van der Waals surface area contributed by atoms with Gasteiger partial charge < -0.3 is 10.1 Å². The molecule has 0 atom stereocenters. The predicted molar refractivity (Wildman–Crippen MR) is 88.5 cm³/mol. The van der Waals surface area contributed by atoms with Gasteiger partial charge in [-0.15, -0.1) is 0 Å². The number of carbonyl (C=O) groups is 1. The van der Waals surface area contributed by atoms with Crippen LogP contribution >= 0.6 is 0 Å². The number of hydrogen-bond acceptors (Lipinski definition) is 7. The average molecular weight is 345 g/mol. The summed E-state index contributed by atoms with van der Waals surface area (Å²) >= 11 is 0. The molecule has 132 valence electrons. The number of anilines is 1. The third-order valence-electron chi connectivity index (χ3n) is 4.37. The first-order chi connectivity index (χ1) is 12.0. The Morgan fingerprint density at radius 2 is 2.00 bits per heavy atom. The molecule has 0 aliphatic carbocycles. The second-order valence-corrected chi connectivity index (χ2v) is 5.96. The molecule has 0 aromatic carbocycles. The van der Waals surface area contributed by atoms with Crippen LogP contribution in [-0.4, -0.2) is 48.3 Å². The molecule has 1 aliphatic rings. The molecular weight excluding hydrogens is 326 g/mol. The minimum absolute atomic E-state index is 0.0212. The Morgan fingerprint density at radius 3 is 2.60 bits per heavy atom. The van der Waals surface area contributed by atoms with E-state index in [0.29, 0.717) is 31.2 Å². The maximum absolute atomic E-state index is 12.3. The number of rotatable bonds is 5. The molecular formula is C15H19N7O3. The van der Waals surface area contributed by atoms with Crippen molar-refractivity contribution < 1.29 is 9.72 Å². The van der Waals surface area contributed by atoms with E-state index in [9.17, 15) is 14.9 Å². The van der Waals surface area contributed by atoms with Gasteiger partial charge in [-0.25, -0.2) is 19.5 Å². The zero-order chi connectivity index (χ0) is 17.8. The number of hydrogen-bond donors (Lipinski definition) is 1. The largest absolute Gasteiger partial charge is 0.358 e. The second-order valence-electron chi connectivity index (χ2n) is 5.96. The van der Waals surface area contributed by atoms with E-state index in [0.717, 1.165) is 13.1 Å². The minimum Gasteiger partial charge on any atom is -0.358 e. The van der Waals surface area contributed by atoms with E-state index in [4.69, 9.17) is 0 Å². The van der Waals surface area contributed by atoms with Crippen molar-refractivity contribution in [3.63, 3.8) is 0 Å². The number of imidazole rings is 1. The van der Waals surface area contributed by atoms with Crippen LogP contribution in [0.5, 0.6) is 0 Å². The summed E-state index contributed by atoms with van der Waals surface area (Å²) < 4.78 is 1.49. The number of nitrogens with one attached hydrogen (secondary N) is 1. The van der Waals surface area contributed by atoms with Gasteiger partial charge in [0.05, 0.1) is 13.6 Å². The molecule has 0 spiro atoms. The molecule has 1 saturated heterocycles. The van der Waals surface area contributed by atoms with Crippen LogP contribution in [0.1, 0.15) is 18.7 Å². The van der Waals surface area contributed by atoms with Crippen molar-refractivity contribution in [2.24, 2.45) is 13.0 Å². The van der Waals surface area contributed by atoms with E-state index in [1.54, 1.807) is 25.5 Å². The van der Waals surface area contributed by atoms with Gasteiger partial charge in [0.2, 0.25) is 17.7 Å². The molecule has 1 amide bonds. The van der Waals surface area contributed by atoms with Crippen molar-refractivity contribution in [1.29, 1.82) is 0 Å². The van der Waals surface area contributed by atoms with E-state index >= 15 is 0 Å². The number of aromatic nitrogens is 4. The molecule has 1 N–H and O–H groups in total. The fourth-order valence-electron chi connectivity index (χ4n) is 2.88. The number of nitrogens with zero attached hydrogens (tertiary/aromatic N) is 6. The quantitative estimate of drug-likeness (QED) is 0.633. The fraction of sp³-hybridized carbons (Fsp3) is 0.467. The monoisotopic (exact) mass is 345 g/mol. The van der Waals surface area contributed by atoms with Crippen molar-refractivity contribution in [1.82, 2.24) is 24.4 Å². The summed E-state index contributed by atoms with van der Waals surface area (Å²) in [4.78, 5) is 36.9. The van der Waals surface area contributed by atoms with Crippen LogP contribution in [0, 0.1) is 16.0 Å². The maximum Gasteiger partial charge on any atom is 0.342 e. The molecule has 10 heteroatoms. The van der Waals surface area contributed by atoms with Gasteiger partial charge in [-0.2, -0.15) is 0 Å². The third-order valence-corrected chi connectivity index (χ3v) is 4.37. The van der Waals surface area contributed by atoms with Crippen molar-refractivity contribution in [2.75, 3.05) is 18.4 Å². The highest BCUT2D eigenvalue weighted by atomic mass is 16.6. The lowest BCUT2D eigenvalue weighted by molar-refractivity contribution is -0.391. The van der Waals surface area contributed by atoms with Crippen LogP contribution in [0.2, 0.25) is 0 Å². The first-order valence-electron chi connectivity index (χ1n) is 8.00. The number of carbonyl (C=O) groups excluding carboxylic acids is 1. The lowest BCUT2D eigenvalue weighted by Gasteiger charge is -2.30. The standard InChI is InChI=1S/C15H19N7O3/c1-20-12(18-9-13(20)22(24)25)10-21-7-3-11(4-8-21)14(23)19-15-16-5-2-6-17-15/h2,5-6,9,11H,3-4,7-8,10H2,1H3,(H,16,17,19,23). The van der Waals surface area contributed by atoms with Crippen LogP contribution in [0.25, 0.3) is 0 Å². The highest BCUT2D eigenvalue weighted by Crippen LogP contribution is 2.21. The summed E-state index contributed by atoms with van der Waals surface area (Å²) in [5.41, 5.74) is 0. The molecule has 25 heavy (non-hydrogen) atoms. The van der Waals surface area contributed by atoms with Gasteiger partial charge in [0, 0.05) is 18.3 Å². The van der Waals surface area contributed by atoms with Gasteiger partial charge in [-0.1, -0.05) is 0 Å². The van der Waals surface area contributed by atoms with Crippen molar-refractivity contribution in [2.45, 2.75) is 19.4 Å². The van der Waals surface area contributed by atoms with Gasteiger partial charge in [0.15, 0.2) is 0 Å². The smallest absolute Gasteiger partial charge is 0.342 e. The summed E-state index contributed by atoms with van der Waals surface area (Å²) in [6.45, 7) is 1.99. The first kappa shape index (κ1) is 17.0. The lowest BCUT2D eigenvalue weighted by Crippen LogP contribution is -2.38. The number of likely N-dealkylation sites (tertiary alicyclic amines) is 1. The van der Waals surface area contributed by atoms with Gasteiger partial charge in [0.25, 0.3) is 0 Å². The van der Waals surface area contributed by atoms with Gasteiger partial charge >= 0.3 is 5.82 Å². The molecule has 0 saturated carbocycles. The summed E-state index contributed by atoms with van der Waals surface area (Å²) in [7, 11) is 1.64. The molecule has 1 aliphatic heterocycles. The number of nitro groups is 1. The molecule has 3 rings (SSSR count).